The second kappa shape index (κ2) is 1.92. The second-order valence-electron chi connectivity index (χ2n) is 3.12. The Morgan fingerprint density at radius 1 is 1.70 bits per heavy atom. The molecule has 3 heteroatoms. The molecule has 2 rings (SSSR count). The van der Waals surface area contributed by atoms with Gasteiger partial charge in [-0.25, -0.2) is 0 Å². The summed E-state index contributed by atoms with van der Waals surface area (Å²) in [5, 5.41) is 2.15. The third kappa shape index (κ3) is 0.935. The maximum atomic E-state index is 4.99. The lowest BCUT2D eigenvalue weighted by molar-refractivity contribution is 0.757. The van der Waals surface area contributed by atoms with Gasteiger partial charge in [0.1, 0.15) is 0 Å². The first kappa shape index (κ1) is 6.55. The van der Waals surface area contributed by atoms with Gasteiger partial charge in [0.2, 0.25) is 0 Å². The van der Waals surface area contributed by atoms with E-state index in [2.05, 4.69) is 17.3 Å². The molecule has 1 aliphatic carbocycles. The molecule has 0 atom stereocenters. The van der Waals surface area contributed by atoms with Crippen molar-refractivity contribution in [1.29, 1.82) is 0 Å². The van der Waals surface area contributed by atoms with Crippen LogP contribution in [-0.4, -0.2) is 4.98 Å². The third-order valence-corrected chi connectivity index (χ3v) is 3.23. The Bertz CT molecular complexity index is 293. The largest absolute Gasteiger partial charge is 0.340 e. The summed E-state index contributed by atoms with van der Waals surface area (Å²) in [5.41, 5.74) is 1.79. The average Bonchev–Trinajstić information content (AvgIpc) is 2.45. The molecule has 1 nitrogen and oxygen atoms in total. The molecule has 1 aliphatic rings. The Labute approximate surface area is 69.1 Å². The molecule has 1 heterocycles. The zero-order valence-corrected chi connectivity index (χ0v) is 7.44. The molecule has 1 aromatic rings. The highest BCUT2D eigenvalue weighted by atomic mass is 32.1. The molecule has 0 spiro atoms. The standard InChI is InChI=1S/C7H9NS2/c1-7(2-3-7)5-4-10-6(9)8-5/h4H,2-3H2,1H3,(H,8,9). The summed E-state index contributed by atoms with van der Waals surface area (Å²) in [4.78, 5) is 3.21. The molecule has 0 aromatic carbocycles. The van der Waals surface area contributed by atoms with Crippen LogP contribution >= 0.6 is 23.6 Å². The Balaban J connectivity index is 2.43. The number of hydrogen-bond donors (Lipinski definition) is 1. The minimum absolute atomic E-state index is 0.452. The van der Waals surface area contributed by atoms with Crippen LogP contribution in [-0.2, 0) is 5.41 Å². The summed E-state index contributed by atoms with van der Waals surface area (Å²) in [6.07, 6.45) is 2.63. The molecule has 0 radical (unpaired) electrons. The van der Waals surface area contributed by atoms with E-state index in [4.69, 9.17) is 12.2 Å². The molecular weight excluding hydrogens is 162 g/mol. The summed E-state index contributed by atoms with van der Waals surface area (Å²) in [6, 6.07) is 0. The molecular formula is C7H9NS2. The molecule has 1 fully saturated rings. The van der Waals surface area contributed by atoms with Gasteiger partial charge >= 0.3 is 0 Å². The lowest BCUT2D eigenvalue weighted by atomic mass is 10.1. The van der Waals surface area contributed by atoms with Gasteiger partial charge < -0.3 is 4.98 Å². The van der Waals surface area contributed by atoms with Gasteiger partial charge in [-0.05, 0) is 25.1 Å². The topological polar surface area (TPSA) is 15.8 Å². The van der Waals surface area contributed by atoms with Gasteiger partial charge in [-0.15, -0.1) is 11.3 Å². The van der Waals surface area contributed by atoms with Crippen LogP contribution in [0.1, 0.15) is 25.5 Å². The predicted octanol–water partition coefficient (Wildman–Crippen LogP) is 2.86. The second-order valence-corrected chi connectivity index (χ2v) is 4.67. The van der Waals surface area contributed by atoms with E-state index in [-0.39, 0.29) is 0 Å². The summed E-state index contributed by atoms with van der Waals surface area (Å²) >= 11 is 6.62. The highest BCUT2D eigenvalue weighted by Crippen LogP contribution is 2.47. The number of rotatable bonds is 1. The van der Waals surface area contributed by atoms with Gasteiger partial charge in [0, 0.05) is 16.5 Å². The first-order valence-electron chi connectivity index (χ1n) is 3.39. The number of hydrogen-bond acceptors (Lipinski definition) is 2. The van der Waals surface area contributed by atoms with Gasteiger partial charge in [-0.2, -0.15) is 0 Å². The summed E-state index contributed by atoms with van der Waals surface area (Å²) in [7, 11) is 0. The normalized spacial score (nSPS) is 20.9. The molecule has 10 heavy (non-hydrogen) atoms. The van der Waals surface area contributed by atoms with Crippen molar-refractivity contribution >= 4 is 23.6 Å². The Morgan fingerprint density at radius 2 is 2.40 bits per heavy atom. The molecule has 0 bridgehead atoms. The third-order valence-electron chi connectivity index (χ3n) is 2.17. The summed E-state index contributed by atoms with van der Waals surface area (Å²) in [6.45, 7) is 2.28. The van der Waals surface area contributed by atoms with Gasteiger partial charge in [0.05, 0.1) is 0 Å². The zero-order chi connectivity index (χ0) is 7.19. The molecule has 54 valence electrons. The van der Waals surface area contributed by atoms with Crippen LogP contribution in [0.2, 0.25) is 0 Å². The maximum Gasteiger partial charge on any atom is 0.158 e. The SMILES string of the molecule is CC1(c2csc(=S)[nH]2)CC1. The van der Waals surface area contributed by atoms with Crippen molar-refractivity contribution in [3.05, 3.63) is 15.0 Å². The highest BCUT2D eigenvalue weighted by Gasteiger charge is 2.40. The summed E-state index contributed by atoms with van der Waals surface area (Å²) < 4.78 is 0.906. The number of aromatic nitrogens is 1. The van der Waals surface area contributed by atoms with E-state index in [1.807, 2.05) is 0 Å². The van der Waals surface area contributed by atoms with E-state index < -0.39 is 0 Å². The van der Waals surface area contributed by atoms with Gasteiger partial charge in [-0.3, -0.25) is 0 Å². The van der Waals surface area contributed by atoms with Gasteiger partial charge in [0.15, 0.2) is 3.95 Å². The first-order valence-corrected chi connectivity index (χ1v) is 4.68. The van der Waals surface area contributed by atoms with Crippen LogP contribution in [0.5, 0.6) is 0 Å². The number of thiazole rings is 1. The minimum atomic E-state index is 0.452. The van der Waals surface area contributed by atoms with Crippen LogP contribution in [0, 0.1) is 3.95 Å². The van der Waals surface area contributed by atoms with Crippen molar-refractivity contribution in [1.82, 2.24) is 4.98 Å². The fourth-order valence-electron chi connectivity index (χ4n) is 1.03. The smallest absolute Gasteiger partial charge is 0.158 e. The molecule has 0 unspecified atom stereocenters. The fourth-order valence-corrected chi connectivity index (χ4v) is 2.02. The maximum absolute atomic E-state index is 4.99. The molecule has 0 amide bonds. The minimum Gasteiger partial charge on any atom is -0.340 e. The number of nitrogens with one attached hydrogen (secondary N) is 1. The van der Waals surface area contributed by atoms with Gasteiger partial charge in [-0.1, -0.05) is 6.92 Å². The van der Waals surface area contributed by atoms with E-state index in [0.717, 1.165) is 3.95 Å². The van der Waals surface area contributed by atoms with Crippen LogP contribution in [0.3, 0.4) is 0 Å². The van der Waals surface area contributed by atoms with Crippen molar-refractivity contribution in [2.24, 2.45) is 0 Å². The van der Waals surface area contributed by atoms with E-state index >= 15 is 0 Å². The molecule has 1 saturated carbocycles. The van der Waals surface area contributed by atoms with Gasteiger partial charge in [0.25, 0.3) is 0 Å². The van der Waals surface area contributed by atoms with Crippen molar-refractivity contribution in [3.8, 4) is 0 Å². The fraction of sp³-hybridized carbons (Fsp3) is 0.571. The Hall–Kier alpha value is -0.150. The van der Waals surface area contributed by atoms with Crippen LogP contribution < -0.4 is 0 Å². The molecule has 0 saturated heterocycles. The van der Waals surface area contributed by atoms with Crippen molar-refractivity contribution < 1.29 is 0 Å². The lowest BCUT2D eigenvalue weighted by Crippen LogP contribution is -1.98. The van der Waals surface area contributed by atoms with Crippen LogP contribution in [0.25, 0.3) is 0 Å². The van der Waals surface area contributed by atoms with Crippen molar-refractivity contribution in [3.63, 3.8) is 0 Å². The quantitative estimate of drug-likeness (QED) is 0.642. The molecule has 0 aliphatic heterocycles. The lowest BCUT2D eigenvalue weighted by Gasteiger charge is -2.01. The van der Waals surface area contributed by atoms with E-state index in [0.29, 0.717) is 5.41 Å². The molecule has 1 aromatic heterocycles. The Kier molecular flexibility index (Phi) is 1.26. The zero-order valence-electron chi connectivity index (χ0n) is 5.81. The number of H-pyrrole nitrogens is 1. The average molecular weight is 171 g/mol. The van der Waals surface area contributed by atoms with Crippen LogP contribution in [0.15, 0.2) is 5.38 Å². The highest BCUT2D eigenvalue weighted by molar-refractivity contribution is 7.73. The van der Waals surface area contributed by atoms with E-state index in [1.165, 1.54) is 18.5 Å². The first-order chi connectivity index (χ1) is 4.71. The molecule has 1 N–H and O–H groups in total. The number of aromatic amines is 1. The Morgan fingerprint density at radius 3 is 2.80 bits per heavy atom. The van der Waals surface area contributed by atoms with E-state index in [9.17, 15) is 0 Å². The summed E-state index contributed by atoms with van der Waals surface area (Å²) in [5.74, 6) is 0. The van der Waals surface area contributed by atoms with E-state index in [1.54, 1.807) is 11.3 Å². The monoisotopic (exact) mass is 171 g/mol. The predicted molar refractivity (Wildman–Crippen MR) is 46.1 cm³/mol. The van der Waals surface area contributed by atoms with Crippen molar-refractivity contribution in [2.45, 2.75) is 25.2 Å². The van der Waals surface area contributed by atoms with Crippen LogP contribution in [0.4, 0.5) is 0 Å². The van der Waals surface area contributed by atoms with Crippen molar-refractivity contribution in [2.75, 3.05) is 0 Å².